The van der Waals surface area contributed by atoms with E-state index in [1.165, 1.54) is 0 Å². The molecule has 4 nitrogen and oxygen atoms in total. The van der Waals surface area contributed by atoms with Gasteiger partial charge in [-0.3, -0.25) is 4.79 Å². The number of hydrogen-bond donors (Lipinski definition) is 1. The largest absolute Gasteiger partial charge is 0.481 e. The highest BCUT2D eigenvalue weighted by Gasteiger charge is 2.15. The van der Waals surface area contributed by atoms with E-state index in [2.05, 4.69) is 21.2 Å². The molecule has 1 unspecified atom stereocenters. The van der Waals surface area contributed by atoms with Crippen molar-refractivity contribution in [3.63, 3.8) is 0 Å². The van der Waals surface area contributed by atoms with Gasteiger partial charge in [-0.15, -0.1) is 0 Å². The molecule has 106 valence electrons. The standard InChI is InChI=1S/C15H16BrNO3/c1-10-8-12(5-6-14(10)16)20-11(2)15(18)17-9-13-4-3-7-19-13/h3-8,11H,9H2,1-2H3,(H,17,18). The predicted molar refractivity (Wildman–Crippen MR) is 79.5 cm³/mol. The molecule has 1 atom stereocenters. The van der Waals surface area contributed by atoms with Crippen LogP contribution in [0.4, 0.5) is 0 Å². The number of carbonyl (C=O) groups excluding carboxylic acids is 1. The molecule has 0 radical (unpaired) electrons. The van der Waals surface area contributed by atoms with E-state index in [0.717, 1.165) is 10.0 Å². The van der Waals surface area contributed by atoms with Crippen LogP contribution in [0.15, 0.2) is 45.5 Å². The number of amides is 1. The molecule has 0 aliphatic rings. The molecule has 0 saturated heterocycles. The minimum absolute atomic E-state index is 0.179. The molecule has 1 N–H and O–H groups in total. The van der Waals surface area contributed by atoms with E-state index < -0.39 is 6.10 Å². The summed E-state index contributed by atoms with van der Waals surface area (Å²) in [4.78, 5) is 11.9. The molecule has 20 heavy (non-hydrogen) atoms. The molecular formula is C15H16BrNO3. The number of furan rings is 1. The Balaban J connectivity index is 1.88. The first-order valence-electron chi connectivity index (χ1n) is 6.29. The van der Waals surface area contributed by atoms with Crippen LogP contribution in [0.1, 0.15) is 18.2 Å². The van der Waals surface area contributed by atoms with Crippen LogP contribution < -0.4 is 10.1 Å². The van der Waals surface area contributed by atoms with E-state index in [9.17, 15) is 4.79 Å². The summed E-state index contributed by atoms with van der Waals surface area (Å²) in [5.74, 6) is 1.21. The van der Waals surface area contributed by atoms with Gasteiger partial charge in [-0.1, -0.05) is 15.9 Å². The Hall–Kier alpha value is -1.75. The Kier molecular flexibility index (Phi) is 4.84. The van der Waals surface area contributed by atoms with E-state index in [0.29, 0.717) is 18.1 Å². The van der Waals surface area contributed by atoms with Gasteiger partial charge in [0.15, 0.2) is 6.10 Å². The van der Waals surface area contributed by atoms with Crippen molar-refractivity contribution in [3.8, 4) is 5.75 Å². The maximum atomic E-state index is 11.9. The van der Waals surface area contributed by atoms with Crippen molar-refractivity contribution < 1.29 is 13.9 Å². The van der Waals surface area contributed by atoms with E-state index >= 15 is 0 Å². The van der Waals surface area contributed by atoms with Gasteiger partial charge in [0.05, 0.1) is 12.8 Å². The van der Waals surface area contributed by atoms with Gasteiger partial charge in [0.1, 0.15) is 11.5 Å². The second kappa shape index (κ2) is 6.61. The SMILES string of the molecule is Cc1cc(OC(C)C(=O)NCc2ccco2)ccc1Br. The zero-order chi connectivity index (χ0) is 14.5. The lowest BCUT2D eigenvalue weighted by Crippen LogP contribution is -2.35. The molecule has 0 spiro atoms. The van der Waals surface area contributed by atoms with Crippen molar-refractivity contribution in [3.05, 3.63) is 52.4 Å². The Morgan fingerprint density at radius 2 is 2.25 bits per heavy atom. The number of hydrogen-bond acceptors (Lipinski definition) is 3. The summed E-state index contributed by atoms with van der Waals surface area (Å²) in [7, 11) is 0. The first-order chi connectivity index (χ1) is 9.56. The molecule has 0 aliphatic heterocycles. The van der Waals surface area contributed by atoms with Gasteiger partial charge in [0, 0.05) is 4.47 Å². The van der Waals surface area contributed by atoms with E-state index in [-0.39, 0.29) is 5.91 Å². The minimum atomic E-state index is -0.564. The van der Waals surface area contributed by atoms with Gasteiger partial charge in [-0.05, 0) is 49.7 Å². The van der Waals surface area contributed by atoms with E-state index in [4.69, 9.17) is 9.15 Å². The molecular weight excluding hydrogens is 322 g/mol. The molecule has 2 aromatic rings. The number of halogens is 1. The Morgan fingerprint density at radius 1 is 1.45 bits per heavy atom. The summed E-state index contributed by atoms with van der Waals surface area (Å²) in [5, 5.41) is 2.76. The average Bonchev–Trinajstić information content (AvgIpc) is 2.93. The molecule has 1 aromatic heterocycles. The molecule has 0 fully saturated rings. The van der Waals surface area contributed by atoms with Crippen molar-refractivity contribution in [2.45, 2.75) is 26.5 Å². The van der Waals surface area contributed by atoms with Crippen molar-refractivity contribution in [2.75, 3.05) is 0 Å². The topological polar surface area (TPSA) is 51.5 Å². The molecule has 0 saturated carbocycles. The van der Waals surface area contributed by atoms with Gasteiger partial charge in [-0.2, -0.15) is 0 Å². The lowest BCUT2D eigenvalue weighted by molar-refractivity contribution is -0.127. The number of ether oxygens (including phenoxy) is 1. The quantitative estimate of drug-likeness (QED) is 0.909. The van der Waals surface area contributed by atoms with Crippen LogP contribution in [0.25, 0.3) is 0 Å². The van der Waals surface area contributed by atoms with Crippen molar-refractivity contribution in [1.29, 1.82) is 0 Å². The fraction of sp³-hybridized carbons (Fsp3) is 0.267. The highest BCUT2D eigenvalue weighted by molar-refractivity contribution is 9.10. The number of carbonyl (C=O) groups is 1. The highest BCUT2D eigenvalue weighted by Crippen LogP contribution is 2.22. The highest BCUT2D eigenvalue weighted by atomic mass is 79.9. The zero-order valence-electron chi connectivity index (χ0n) is 11.4. The normalized spacial score (nSPS) is 11.9. The van der Waals surface area contributed by atoms with Gasteiger partial charge in [-0.25, -0.2) is 0 Å². The van der Waals surface area contributed by atoms with Crippen LogP contribution in [-0.2, 0) is 11.3 Å². The fourth-order valence-corrected chi connectivity index (χ4v) is 1.93. The van der Waals surface area contributed by atoms with Crippen LogP contribution in [0.2, 0.25) is 0 Å². The molecule has 2 rings (SSSR count). The van der Waals surface area contributed by atoms with Crippen molar-refractivity contribution >= 4 is 21.8 Å². The summed E-state index contributed by atoms with van der Waals surface area (Å²) in [5.41, 5.74) is 1.06. The van der Waals surface area contributed by atoms with Crippen molar-refractivity contribution in [1.82, 2.24) is 5.32 Å². The summed E-state index contributed by atoms with van der Waals surface area (Å²) in [6.45, 7) is 4.05. The molecule has 0 bridgehead atoms. The maximum Gasteiger partial charge on any atom is 0.261 e. The third kappa shape index (κ3) is 3.87. The minimum Gasteiger partial charge on any atom is -0.481 e. The van der Waals surface area contributed by atoms with Crippen molar-refractivity contribution in [2.24, 2.45) is 0 Å². The van der Waals surface area contributed by atoms with E-state index in [1.807, 2.05) is 31.2 Å². The third-order valence-electron chi connectivity index (χ3n) is 2.83. The lowest BCUT2D eigenvalue weighted by Gasteiger charge is -2.15. The summed E-state index contributed by atoms with van der Waals surface area (Å²) >= 11 is 3.43. The molecule has 1 aromatic carbocycles. The predicted octanol–water partition coefficient (Wildman–Crippen LogP) is 3.43. The van der Waals surface area contributed by atoms with Crippen LogP contribution >= 0.6 is 15.9 Å². The van der Waals surface area contributed by atoms with E-state index in [1.54, 1.807) is 19.3 Å². The molecule has 5 heteroatoms. The molecule has 0 aliphatic carbocycles. The Morgan fingerprint density at radius 3 is 2.90 bits per heavy atom. The number of benzene rings is 1. The molecule has 1 amide bonds. The van der Waals surface area contributed by atoms with Crippen LogP contribution in [0.5, 0.6) is 5.75 Å². The third-order valence-corrected chi connectivity index (χ3v) is 3.72. The fourth-order valence-electron chi connectivity index (χ4n) is 1.68. The smallest absolute Gasteiger partial charge is 0.261 e. The second-order valence-corrected chi connectivity index (χ2v) is 5.32. The first-order valence-corrected chi connectivity index (χ1v) is 7.08. The van der Waals surface area contributed by atoms with Gasteiger partial charge in [0.2, 0.25) is 0 Å². The summed E-state index contributed by atoms with van der Waals surface area (Å²) < 4.78 is 11.8. The van der Waals surface area contributed by atoms with Gasteiger partial charge < -0.3 is 14.5 Å². The maximum absolute atomic E-state index is 11.9. The van der Waals surface area contributed by atoms with Gasteiger partial charge >= 0.3 is 0 Å². The van der Waals surface area contributed by atoms with Crippen LogP contribution in [-0.4, -0.2) is 12.0 Å². The van der Waals surface area contributed by atoms with Crippen LogP contribution in [0, 0.1) is 6.92 Å². The first kappa shape index (κ1) is 14.7. The number of aryl methyl sites for hydroxylation is 1. The number of nitrogens with one attached hydrogen (secondary N) is 1. The zero-order valence-corrected chi connectivity index (χ0v) is 12.9. The summed E-state index contributed by atoms with van der Waals surface area (Å²) in [6.07, 6.45) is 1.01. The summed E-state index contributed by atoms with van der Waals surface area (Å²) in [6, 6.07) is 9.21. The monoisotopic (exact) mass is 337 g/mol. The second-order valence-electron chi connectivity index (χ2n) is 4.47. The van der Waals surface area contributed by atoms with Gasteiger partial charge in [0.25, 0.3) is 5.91 Å². The average molecular weight is 338 g/mol. The molecule has 1 heterocycles. The number of rotatable bonds is 5. The Bertz CT molecular complexity index is 581. The lowest BCUT2D eigenvalue weighted by atomic mass is 10.2. The Labute approximate surface area is 126 Å². The van der Waals surface area contributed by atoms with Crippen LogP contribution in [0.3, 0.4) is 0 Å².